The Morgan fingerprint density at radius 3 is 2.58 bits per heavy atom. The first-order valence-electron chi connectivity index (χ1n) is 8.42. The lowest BCUT2D eigenvalue weighted by atomic mass is 10.1. The number of hydrogen-bond acceptors (Lipinski definition) is 4. The van der Waals surface area contributed by atoms with Crippen molar-refractivity contribution in [1.82, 2.24) is 20.2 Å². The predicted molar refractivity (Wildman–Crippen MR) is 91.9 cm³/mol. The highest BCUT2D eigenvalue weighted by Gasteiger charge is 2.40. The summed E-state index contributed by atoms with van der Waals surface area (Å²) in [6.45, 7) is 3.01. The number of nitrogens with one attached hydrogen (secondary N) is 1. The number of amides is 2. The van der Waals surface area contributed by atoms with Crippen molar-refractivity contribution in [1.29, 1.82) is 0 Å². The Kier molecular flexibility index (Phi) is 4.02. The molecular weight excluding hydrogens is 302 g/mol. The zero-order valence-corrected chi connectivity index (χ0v) is 13.5. The topological polar surface area (TPSA) is 61.4 Å². The Morgan fingerprint density at radius 1 is 1.08 bits per heavy atom. The van der Waals surface area contributed by atoms with Crippen LogP contribution in [-0.2, 0) is 0 Å². The number of rotatable bonds is 3. The second-order valence-corrected chi connectivity index (χ2v) is 6.35. The number of piperazine rings is 1. The first kappa shape index (κ1) is 14.9. The van der Waals surface area contributed by atoms with Crippen LogP contribution < -0.4 is 10.2 Å². The summed E-state index contributed by atoms with van der Waals surface area (Å²) in [6.07, 6.45) is 6.18. The average molecular weight is 323 g/mol. The van der Waals surface area contributed by atoms with Crippen molar-refractivity contribution in [3.63, 3.8) is 0 Å². The van der Waals surface area contributed by atoms with Gasteiger partial charge < -0.3 is 15.1 Å². The van der Waals surface area contributed by atoms with Crippen LogP contribution >= 0.6 is 0 Å². The molecule has 2 unspecified atom stereocenters. The third-order valence-electron chi connectivity index (χ3n) is 4.77. The minimum absolute atomic E-state index is 0.0530. The van der Waals surface area contributed by atoms with Crippen LogP contribution in [0.25, 0.3) is 0 Å². The van der Waals surface area contributed by atoms with Crippen molar-refractivity contribution < 1.29 is 4.79 Å². The SMILES string of the molecule is O=C(NC1CC1c1ccccc1)N1CCN(c2cnccn2)CC1. The molecule has 6 heteroatoms. The molecule has 1 saturated carbocycles. The average Bonchev–Trinajstić information content (AvgIpc) is 3.42. The molecule has 1 aromatic carbocycles. The van der Waals surface area contributed by atoms with E-state index in [1.165, 1.54) is 5.56 Å². The van der Waals surface area contributed by atoms with Crippen LogP contribution in [0.4, 0.5) is 10.6 Å². The van der Waals surface area contributed by atoms with Crippen molar-refractivity contribution in [3.8, 4) is 0 Å². The van der Waals surface area contributed by atoms with E-state index < -0.39 is 0 Å². The number of hydrogen-bond donors (Lipinski definition) is 1. The molecule has 0 bridgehead atoms. The molecule has 1 aliphatic heterocycles. The van der Waals surface area contributed by atoms with Crippen molar-refractivity contribution in [2.45, 2.75) is 18.4 Å². The molecule has 124 valence electrons. The molecule has 1 saturated heterocycles. The molecule has 0 radical (unpaired) electrons. The van der Waals surface area contributed by atoms with Gasteiger partial charge in [0.05, 0.1) is 6.20 Å². The predicted octanol–water partition coefficient (Wildman–Crippen LogP) is 1.86. The second kappa shape index (κ2) is 6.47. The van der Waals surface area contributed by atoms with Gasteiger partial charge in [-0.2, -0.15) is 0 Å². The van der Waals surface area contributed by atoms with Crippen LogP contribution in [0, 0.1) is 0 Å². The molecule has 0 spiro atoms. The van der Waals surface area contributed by atoms with Crippen molar-refractivity contribution in [3.05, 3.63) is 54.5 Å². The minimum atomic E-state index is 0.0530. The molecule has 4 rings (SSSR count). The summed E-state index contributed by atoms with van der Waals surface area (Å²) in [7, 11) is 0. The third kappa shape index (κ3) is 3.18. The van der Waals surface area contributed by atoms with Gasteiger partial charge in [-0.05, 0) is 12.0 Å². The summed E-state index contributed by atoms with van der Waals surface area (Å²) in [5.74, 6) is 1.35. The summed E-state index contributed by atoms with van der Waals surface area (Å²) in [4.78, 5) is 24.9. The van der Waals surface area contributed by atoms with E-state index in [1.54, 1.807) is 18.6 Å². The smallest absolute Gasteiger partial charge is 0.317 e. The fourth-order valence-corrected chi connectivity index (χ4v) is 3.27. The van der Waals surface area contributed by atoms with E-state index in [0.29, 0.717) is 19.0 Å². The van der Waals surface area contributed by atoms with E-state index in [2.05, 4.69) is 44.5 Å². The highest BCUT2D eigenvalue weighted by Crippen LogP contribution is 2.40. The monoisotopic (exact) mass is 323 g/mol. The zero-order chi connectivity index (χ0) is 16.4. The second-order valence-electron chi connectivity index (χ2n) is 6.35. The van der Waals surface area contributed by atoms with Gasteiger partial charge in [-0.15, -0.1) is 0 Å². The normalized spacial score (nSPS) is 23.0. The summed E-state index contributed by atoms with van der Waals surface area (Å²) < 4.78 is 0. The molecule has 2 fully saturated rings. The van der Waals surface area contributed by atoms with Gasteiger partial charge in [-0.1, -0.05) is 30.3 Å². The van der Waals surface area contributed by atoms with Gasteiger partial charge in [0.2, 0.25) is 0 Å². The van der Waals surface area contributed by atoms with Gasteiger partial charge in [-0.3, -0.25) is 4.98 Å². The highest BCUT2D eigenvalue weighted by molar-refractivity contribution is 5.75. The van der Waals surface area contributed by atoms with Crippen molar-refractivity contribution in [2.24, 2.45) is 0 Å². The Hall–Kier alpha value is -2.63. The number of carbonyl (C=O) groups excluding carboxylic acids is 1. The third-order valence-corrected chi connectivity index (χ3v) is 4.77. The Bertz CT molecular complexity index is 685. The van der Waals surface area contributed by atoms with Crippen LogP contribution in [0.15, 0.2) is 48.9 Å². The summed E-state index contributed by atoms with van der Waals surface area (Å²) >= 11 is 0. The lowest BCUT2D eigenvalue weighted by molar-refractivity contribution is 0.193. The molecule has 2 aliphatic rings. The van der Waals surface area contributed by atoms with Crippen molar-refractivity contribution >= 4 is 11.8 Å². The number of urea groups is 1. The molecule has 24 heavy (non-hydrogen) atoms. The van der Waals surface area contributed by atoms with E-state index in [4.69, 9.17) is 0 Å². The number of benzene rings is 1. The van der Waals surface area contributed by atoms with Gasteiger partial charge in [0.15, 0.2) is 0 Å². The maximum Gasteiger partial charge on any atom is 0.317 e. The largest absolute Gasteiger partial charge is 0.352 e. The number of anilines is 1. The molecule has 2 heterocycles. The standard InChI is InChI=1S/C18H21N5O/c24-18(21-16-12-15(16)14-4-2-1-3-5-14)23-10-8-22(9-11-23)17-13-19-6-7-20-17/h1-7,13,15-16H,8-12H2,(H,21,24). The molecule has 6 nitrogen and oxygen atoms in total. The minimum Gasteiger partial charge on any atom is -0.352 e. The summed E-state index contributed by atoms with van der Waals surface area (Å²) in [5, 5.41) is 3.17. The number of aromatic nitrogens is 2. The van der Waals surface area contributed by atoms with Crippen LogP contribution in [-0.4, -0.2) is 53.1 Å². The number of nitrogens with zero attached hydrogens (tertiary/aromatic N) is 4. The Morgan fingerprint density at radius 2 is 1.88 bits per heavy atom. The molecule has 1 aromatic heterocycles. The fourth-order valence-electron chi connectivity index (χ4n) is 3.27. The first-order valence-corrected chi connectivity index (χ1v) is 8.42. The van der Waals surface area contributed by atoms with E-state index >= 15 is 0 Å². The first-order chi connectivity index (χ1) is 11.8. The van der Waals surface area contributed by atoms with Gasteiger partial charge in [0.25, 0.3) is 0 Å². The van der Waals surface area contributed by atoms with Crippen LogP contribution in [0.5, 0.6) is 0 Å². The summed E-state index contributed by atoms with van der Waals surface area (Å²) in [6, 6.07) is 10.7. The lowest BCUT2D eigenvalue weighted by Crippen LogP contribution is -2.52. The van der Waals surface area contributed by atoms with Gasteiger partial charge in [0.1, 0.15) is 5.82 Å². The highest BCUT2D eigenvalue weighted by atomic mass is 16.2. The Balaban J connectivity index is 1.27. The van der Waals surface area contributed by atoms with Crippen molar-refractivity contribution in [2.75, 3.05) is 31.1 Å². The molecule has 2 aromatic rings. The zero-order valence-electron chi connectivity index (χ0n) is 13.5. The van der Waals surface area contributed by atoms with Gasteiger partial charge in [0, 0.05) is 50.5 Å². The van der Waals surface area contributed by atoms with E-state index in [-0.39, 0.29) is 12.1 Å². The quantitative estimate of drug-likeness (QED) is 0.937. The fraction of sp³-hybridized carbons (Fsp3) is 0.389. The molecule has 2 amide bonds. The lowest BCUT2D eigenvalue weighted by Gasteiger charge is -2.35. The van der Waals surface area contributed by atoms with Crippen LogP contribution in [0.2, 0.25) is 0 Å². The molecule has 1 aliphatic carbocycles. The van der Waals surface area contributed by atoms with Crippen LogP contribution in [0.1, 0.15) is 17.9 Å². The summed E-state index contributed by atoms with van der Waals surface area (Å²) in [5.41, 5.74) is 1.32. The van der Waals surface area contributed by atoms with E-state index in [1.807, 2.05) is 11.0 Å². The van der Waals surface area contributed by atoms with E-state index in [0.717, 1.165) is 25.3 Å². The molecule has 2 atom stereocenters. The number of carbonyl (C=O) groups is 1. The Labute approximate surface area is 141 Å². The van der Waals surface area contributed by atoms with Gasteiger partial charge >= 0.3 is 6.03 Å². The molecular formula is C18H21N5O. The maximum absolute atomic E-state index is 12.4. The molecule has 1 N–H and O–H groups in total. The van der Waals surface area contributed by atoms with Gasteiger partial charge in [-0.25, -0.2) is 9.78 Å². The van der Waals surface area contributed by atoms with E-state index in [9.17, 15) is 4.79 Å². The van der Waals surface area contributed by atoms with Crippen LogP contribution in [0.3, 0.4) is 0 Å². The maximum atomic E-state index is 12.4.